The topological polar surface area (TPSA) is 69.6 Å². The summed E-state index contributed by atoms with van der Waals surface area (Å²) >= 11 is 0. The van der Waals surface area contributed by atoms with Crippen LogP contribution in [-0.4, -0.2) is 58.9 Å². The Kier molecular flexibility index (Phi) is 8.21. The Labute approximate surface area is 216 Å². The van der Waals surface area contributed by atoms with Crippen molar-refractivity contribution in [3.05, 3.63) is 78.4 Å². The molecule has 4 rings (SSSR count). The molecular formula is C31H43N2O3+. The quantitative estimate of drug-likeness (QED) is 0.252. The smallest absolute Gasteiger partial charge is 0.220 e. The maximum absolute atomic E-state index is 12.8. The molecule has 1 aliphatic carbocycles. The van der Waals surface area contributed by atoms with Crippen LogP contribution in [0, 0.1) is 0 Å². The molecule has 4 atom stereocenters. The van der Waals surface area contributed by atoms with E-state index in [0.29, 0.717) is 25.8 Å². The van der Waals surface area contributed by atoms with E-state index in [0.717, 1.165) is 61.7 Å². The summed E-state index contributed by atoms with van der Waals surface area (Å²) in [6.45, 7) is 6.33. The molecule has 0 bridgehead atoms. The lowest BCUT2D eigenvalue weighted by Crippen LogP contribution is -2.71. The lowest BCUT2D eigenvalue weighted by molar-refractivity contribution is -0.918. The molecule has 1 saturated heterocycles. The molecule has 0 radical (unpaired) electrons. The number of amides is 1. The molecule has 1 heterocycles. The second-order valence-corrected chi connectivity index (χ2v) is 11.4. The molecule has 194 valence electrons. The van der Waals surface area contributed by atoms with Gasteiger partial charge in [-0.3, -0.25) is 4.79 Å². The fourth-order valence-electron chi connectivity index (χ4n) is 6.76. The molecule has 2 aromatic carbocycles. The zero-order valence-corrected chi connectivity index (χ0v) is 21.8. The van der Waals surface area contributed by atoms with Crippen LogP contribution in [-0.2, 0) is 16.6 Å². The van der Waals surface area contributed by atoms with Crippen LogP contribution in [0.1, 0.15) is 62.5 Å². The first-order valence-electron chi connectivity index (χ1n) is 13.6. The predicted octanol–water partition coefficient (Wildman–Crippen LogP) is 4.87. The average molecular weight is 492 g/mol. The SMILES string of the molecule is C=CC[N@@+]1(C)CC[C@@]2(c3cccc(O)c3)C[C@H](NC(=O)CCCCCc3ccccc3)CCC2(O)C1. The zero-order valence-electron chi connectivity index (χ0n) is 21.8. The van der Waals surface area contributed by atoms with E-state index in [9.17, 15) is 15.0 Å². The zero-order chi connectivity index (χ0) is 25.7. The third-order valence-corrected chi connectivity index (χ3v) is 8.66. The van der Waals surface area contributed by atoms with Gasteiger partial charge in [0.15, 0.2) is 0 Å². The summed E-state index contributed by atoms with van der Waals surface area (Å²) in [6.07, 6.45) is 9.48. The first kappa shape index (κ1) is 26.4. The number of phenolic OH excluding ortho intramolecular Hbond substituents is 1. The number of quaternary nitrogens is 1. The van der Waals surface area contributed by atoms with Crippen molar-refractivity contribution >= 4 is 5.91 Å². The summed E-state index contributed by atoms with van der Waals surface area (Å²) in [7, 11) is 2.19. The van der Waals surface area contributed by atoms with Gasteiger partial charge in [0.2, 0.25) is 5.91 Å². The van der Waals surface area contributed by atoms with Crippen LogP contribution >= 0.6 is 0 Å². The Balaban J connectivity index is 1.39. The first-order valence-corrected chi connectivity index (χ1v) is 13.6. The molecule has 1 aliphatic heterocycles. The van der Waals surface area contributed by atoms with Crippen LogP contribution in [0.15, 0.2) is 67.3 Å². The second-order valence-electron chi connectivity index (χ2n) is 11.4. The van der Waals surface area contributed by atoms with Crippen LogP contribution in [0.4, 0.5) is 0 Å². The van der Waals surface area contributed by atoms with Gasteiger partial charge >= 0.3 is 0 Å². The maximum Gasteiger partial charge on any atom is 0.220 e. The molecule has 1 unspecified atom stereocenters. The van der Waals surface area contributed by atoms with Gasteiger partial charge in [-0.15, -0.1) is 0 Å². The molecule has 2 aromatic rings. The number of hydrogen-bond donors (Lipinski definition) is 3. The lowest BCUT2D eigenvalue weighted by Gasteiger charge is -2.59. The Bertz CT molecular complexity index is 1040. The lowest BCUT2D eigenvalue weighted by atomic mass is 9.55. The van der Waals surface area contributed by atoms with E-state index in [-0.39, 0.29) is 17.7 Å². The van der Waals surface area contributed by atoms with Gasteiger partial charge in [-0.05, 0) is 67.9 Å². The van der Waals surface area contributed by atoms with E-state index < -0.39 is 11.0 Å². The number of piperidine rings is 1. The number of unbranched alkanes of at least 4 members (excludes halogenated alkanes) is 2. The number of nitrogens with zero attached hydrogens (tertiary/aromatic N) is 1. The molecular weight excluding hydrogens is 448 g/mol. The standard InChI is InChI=1S/C31H42N2O3/c1-3-20-33(2)21-19-30(26-14-10-15-28(34)22-26)23-27(17-18-31(30,36)24-33)32-29(35)16-9-5-8-13-25-11-6-4-7-12-25/h3-4,6-7,10-12,14-15,22,27,36H,1,5,8-9,13,16-21,23-24H2,2H3,(H-,32,34,35)/p+1/t27-,30+,31?,33+/m1/s1. The summed E-state index contributed by atoms with van der Waals surface area (Å²) in [4.78, 5) is 12.8. The van der Waals surface area contributed by atoms with Gasteiger partial charge < -0.3 is 20.0 Å². The fraction of sp³-hybridized carbons (Fsp3) is 0.516. The monoisotopic (exact) mass is 491 g/mol. The maximum atomic E-state index is 12.8. The molecule has 1 amide bonds. The number of carbonyl (C=O) groups excluding carboxylic acids is 1. The Morgan fingerprint density at radius 1 is 1.14 bits per heavy atom. The summed E-state index contributed by atoms with van der Waals surface area (Å²) in [5.74, 6) is 0.332. The van der Waals surface area contributed by atoms with E-state index in [4.69, 9.17) is 0 Å². The van der Waals surface area contributed by atoms with Crippen molar-refractivity contribution in [3.8, 4) is 5.75 Å². The highest BCUT2D eigenvalue weighted by molar-refractivity contribution is 5.76. The molecule has 2 aliphatic rings. The Morgan fingerprint density at radius 3 is 2.69 bits per heavy atom. The highest BCUT2D eigenvalue weighted by atomic mass is 16.3. The minimum atomic E-state index is -0.893. The van der Waals surface area contributed by atoms with Crippen LogP contribution in [0.25, 0.3) is 0 Å². The van der Waals surface area contributed by atoms with Gasteiger partial charge in [0.05, 0.1) is 20.1 Å². The van der Waals surface area contributed by atoms with Crippen molar-refractivity contribution in [2.75, 3.05) is 26.7 Å². The van der Waals surface area contributed by atoms with Crippen molar-refractivity contribution in [1.29, 1.82) is 0 Å². The summed E-state index contributed by atoms with van der Waals surface area (Å²) in [5.41, 5.74) is 0.949. The van der Waals surface area contributed by atoms with Gasteiger partial charge in [0.25, 0.3) is 0 Å². The minimum Gasteiger partial charge on any atom is -0.508 e. The number of likely N-dealkylation sites (tertiary alicyclic amines) is 1. The Hall–Kier alpha value is -2.63. The van der Waals surface area contributed by atoms with E-state index in [1.54, 1.807) is 6.07 Å². The number of rotatable bonds is 10. The molecule has 3 N–H and O–H groups in total. The van der Waals surface area contributed by atoms with Crippen molar-refractivity contribution in [1.82, 2.24) is 5.32 Å². The number of likely N-dealkylation sites (N-methyl/N-ethyl adjacent to an activating group) is 1. The predicted molar refractivity (Wildman–Crippen MR) is 145 cm³/mol. The van der Waals surface area contributed by atoms with Gasteiger partial charge in [0.1, 0.15) is 17.9 Å². The number of aromatic hydroxyl groups is 1. The van der Waals surface area contributed by atoms with Crippen molar-refractivity contribution in [2.24, 2.45) is 0 Å². The second kappa shape index (κ2) is 11.2. The minimum absolute atomic E-state index is 0.0284. The van der Waals surface area contributed by atoms with Crippen LogP contribution in [0.3, 0.4) is 0 Å². The molecule has 36 heavy (non-hydrogen) atoms. The average Bonchev–Trinajstić information content (AvgIpc) is 2.85. The number of nitrogens with one attached hydrogen (secondary N) is 1. The van der Waals surface area contributed by atoms with E-state index in [1.165, 1.54) is 5.56 Å². The number of benzene rings is 2. The van der Waals surface area contributed by atoms with Crippen LogP contribution in [0.5, 0.6) is 5.75 Å². The van der Waals surface area contributed by atoms with Crippen LogP contribution < -0.4 is 5.32 Å². The number of phenols is 1. The number of aliphatic hydroxyl groups is 1. The highest BCUT2D eigenvalue weighted by Crippen LogP contribution is 2.53. The van der Waals surface area contributed by atoms with Gasteiger partial charge in [-0.2, -0.15) is 0 Å². The normalized spacial score (nSPS) is 29.8. The molecule has 0 spiro atoms. The van der Waals surface area contributed by atoms with E-state index >= 15 is 0 Å². The molecule has 2 fully saturated rings. The summed E-state index contributed by atoms with van der Waals surface area (Å²) < 4.78 is 0.764. The van der Waals surface area contributed by atoms with E-state index in [1.807, 2.05) is 30.3 Å². The van der Waals surface area contributed by atoms with Gasteiger partial charge in [-0.25, -0.2) is 0 Å². The van der Waals surface area contributed by atoms with Crippen molar-refractivity contribution in [3.63, 3.8) is 0 Å². The van der Waals surface area contributed by atoms with Gasteiger partial charge in [-0.1, -0.05) is 55.5 Å². The number of carbonyl (C=O) groups is 1. The van der Waals surface area contributed by atoms with Crippen molar-refractivity contribution < 1.29 is 19.5 Å². The third kappa shape index (κ3) is 5.84. The number of aryl methyl sites for hydroxylation is 1. The Morgan fingerprint density at radius 2 is 1.94 bits per heavy atom. The highest BCUT2D eigenvalue weighted by Gasteiger charge is 2.61. The van der Waals surface area contributed by atoms with Crippen LogP contribution in [0.2, 0.25) is 0 Å². The fourth-order valence-corrected chi connectivity index (χ4v) is 6.76. The summed E-state index contributed by atoms with van der Waals surface area (Å²) in [6, 6.07) is 17.9. The van der Waals surface area contributed by atoms with Gasteiger partial charge in [0, 0.05) is 24.3 Å². The number of hydrogen-bond acceptors (Lipinski definition) is 3. The molecule has 1 saturated carbocycles. The third-order valence-electron chi connectivity index (χ3n) is 8.66. The van der Waals surface area contributed by atoms with E-state index in [2.05, 4.69) is 43.2 Å². The number of fused-ring (bicyclic) bond motifs is 1. The molecule has 5 nitrogen and oxygen atoms in total. The summed E-state index contributed by atoms with van der Waals surface area (Å²) in [5, 5.41) is 25.7. The molecule has 0 aromatic heterocycles. The van der Waals surface area contributed by atoms with Crippen molar-refractivity contribution in [2.45, 2.75) is 74.8 Å². The molecule has 5 heteroatoms. The largest absolute Gasteiger partial charge is 0.508 e. The first-order chi connectivity index (χ1) is 17.3.